The summed E-state index contributed by atoms with van der Waals surface area (Å²) in [6.07, 6.45) is 2.33. The first-order valence-electron chi connectivity index (χ1n) is 9.14. The molecule has 1 atom stereocenters. The van der Waals surface area contributed by atoms with Crippen LogP contribution in [0, 0.1) is 5.82 Å². The van der Waals surface area contributed by atoms with Gasteiger partial charge in [0.25, 0.3) is 11.8 Å². The Morgan fingerprint density at radius 2 is 2.07 bits per heavy atom. The second-order valence-corrected chi connectivity index (χ2v) is 6.46. The number of aromatic nitrogens is 1. The maximum atomic E-state index is 13.5. The summed E-state index contributed by atoms with van der Waals surface area (Å²) in [5.41, 5.74) is 2.26. The molecule has 1 aromatic heterocycles. The minimum atomic E-state index is -0.756. The number of carbonyl (C=O) groups excluding carboxylic acids is 2. The second-order valence-electron chi connectivity index (χ2n) is 6.46. The highest BCUT2D eigenvalue weighted by molar-refractivity contribution is 6.34. The van der Waals surface area contributed by atoms with Crippen LogP contribution in [0.2, 0.25) is 0 Å². The molecule has 0 spiro atoms. The van der Waals surface area contributed by atoms with Crippen molar-refractivity contribution in [1.29, 1.82) is 0 Å². The van der Waals surface area contributed by atoms with Crippen molar-refractivity contribution in [2.75, 3.05) is 25.0 Å². The van der Waals surface area contributed by atoms with E-state index >= 15 is 0 Å². The highest BCUT2D eigenvalue weighted by atomic mass is 19.1. The predicted molar refractivity (Wildman–Crippen MR) is 105 cm³/mol. The fraction of sp³-hybridized carbons (Fsp3) is 0.300. The highest BCUT2D eigenvalue weighted by Crippen LogP contribution is 2.33. The predicted octanol–water partition coefficient (Wildman–Crippen LogP) is 2.04. The van der Waals surface area contributed by atoms with Gasteiger partial charge in [-0.25, -0.2) is 4.39 Å². The number of nitrogens with zero attached hydrogens (tertiary/aromatic N) is 1. The molecule has 7 nitrogen and oxygen atoms in total. The fourth-order valence-corrected chi connectivity index (χ4v) is 3.15. The number of halogens is 1. The molecule has 2 amide bonds. The number of hydrogen-bond donors (Lipinski definition) is 4. The molecule has 0 saturated carbocycles. The van der Waals surface area contributed by atoms with Gasteiger partial charge in [0.2, 0.25) is 0 Å². The van der Waals surface area contributed by atoms with Crippen LogP contribution in [0.1, 0.15) is 35.5 Å². The van der Waals surface area contributed by atoms with Gasteiger partial charge in [0, 0.05) is 23.1 Å². The summed E-state index contributed by atoms with van der Waals surface area (Å²) in [7, 11) is 0. The number of fused-ring (bicyclic) bond motifs is 1. The van der Waals surface area contributed by atoms with E-state index in [0.717, 1.165) is 0 Å². The Morgan fingerprint density at radius 1 is 1.32 bits per heavy atom. The molecule has 2 aromatic rings. The van der Waals surface area contributed by atoms with E-state index in [1.807, 2.05) is 18.7 Å². The summed E-state index contributed by atoms with van der Waals surface area (Å²) in [4.78, 5) is 29.2. The lowest BCUT2D eigenvalue weighted by Crippen LogP contribution is -2.43. The molecule has 1 unspecified atom stereocenters. The Hall–Kier alpha value is -2.97. The minimum absolute atomic E-state index is 0.108. The number of rotatable bonds is 7. The highest BCUT2D eigenvalue weighted by Gasteiger charge is 2.24. The first-order valence-corrected chi connectivity index (χ1v) is 9.14. The number of aliphatic hydroxyl groups is 1. The van der Waals surface area contributed by atoms with Crippen molar-refractivity contribution in [1.82, 2.24) is 15.2 Å². The van der Waals surface area contributed by atoms with Crippen molar-refractivity contribution in [2.45, 2.75) is 20.1 Å². The molecule has 3 rings (SSSR count). The summed E-state index contributed by atoms with van der Waals surface area (Å²) in [6, 6.07) is 5.69. The van der Waals surface area contributed by atoms with Crippen molar-refractivity contribution in [3.8, 4) is 0 Å². The number of likely N-dealkylation sites (N-methyl/N-ethyl adjacent to an activating group) is 1. The first kappa shape index (κ1) is 19.8. The minimum Gasteiger partial charge on any atom is -0.377 e. The molecule has 148 valence electrons. The Morgan fingerprint density at radius 3 is 2.79 bits per heavy atom. The summed E-state index contributed by atoms with van der Waals surface area (Å²) in [5.74, 6) is -1.10. The van der Waals surface area contributed by atoms with Gasteiger partial charge in [-0.05, 0) is 43.4 Å². The maximum absolute atomic E-state index is 13.5. The summed E-state index contributed by atoms with van der Waals surface area (Å²) >= 11 is 0. The lowest BCUT2D eigenvalue weighted by molar-refractivity contribution is -0.110. The van der Waals surface area contributed by atoms with Gasteiger partial charge in [-0.2, -0.15) is 0 Å². The number of hydrogen-bond acceptors (Lipinski definition) is 4. The van der Waals surface area contributed by atoms with Gasteiger partial charge in [0.1, 0.15) is 12.0 Å². The van der Waals surface area contributed by atoms with Gasteiger partial charge in [0.05, 0.1) is 17.7 Å². The molecule has 0 bridgehead atoms. The SMILES string of the molecule is CCN(CC)C(O)CNC(=O)c1c[nH]c(/C=C2\C(=O)Nc3ccc(F)cc32)c1. The van der Waals surface area contributed by atoms with E-state index in [1.165, 1.54) is 24.4 Å². The zero-order valence-corrected chi connectivity index (χ0v) is 15.8. The Balaban J connectivity index is 1.71. The van der Waals surface area contributed by atoms with Crippen LogP contribution in [0.25, 0.3) is 11.6 Å². The molecule has 2 heterocycles. The molecule has 1 aromatic carbocycles. The molecule has 4 N–H and O–H groups in total. The van der Waals surface area contributed by atoms with E-state index in [9.17, 15) is 19.1 Å². The third-order valence-electron chi connectivity index (χ3n) is 4.71. The number of aromatic amines is 1. The van der Waals surface area contributed by atoms with Crippen molar-refractivity contribution in [3.05, 3.63) is 53.1 Å². The van der Waals surface area contributed by atoms with E-state index in [-0.39, 0.29) is 18.4 Å². The molecule has 0 saturated heterocycles. The van der Waals surface area contributed by atoms with Crippen molar-refractivity contribution in [3.63, 3.8) is 0 Å². The third kappa shape index (κ3) is 4.13. The van der Waals surface area contributed by atoms with Crippen LogP contribution >= 0.6 is 0 Å². The molecule has 0 radical (unpaired) electrons. The largest absolute Gasteiger partial charge is 0.377 e. The monoisotopic (exact) mass is 386 g/mol. The van der Waals surface area contributed by atoms with Gasteiger partial charge in [-0.3, -0.25) is 14.5 Å². The molecule has 0 aliphatic carbocycles. The molecular weight excluding hydrogens is 363 g/mol. The lowest BCUT2D eigenvalue weighted by atomic mass is 10.1. The molecule has 8 heteroatoms. The van der Waals surface area contributed by atoms with E-state index in [1.54, 1.807) is 12.1 Å². The summed E-state index contributed by atoms with van der Waals surface area (Å²) < 4.78 is 13.5. The van der Waals surface area contributed by atoms with Crippen LogP contribution in [-0.2, 0) is 4.79 Å². The Kier molecular flexibility index (Phi) is 5.91. The van der Waals surface area contributed by atoms with Crippen LogP contribution in [0.4, 0.5) is 10.1 Å². The topological polar surface area (TPSA) is 97.5 Å². The van der Waals surface area contributed by atoms with Crippen LogP contribution in [0.15, 0.2) is 30.5 Å². The molecule has 1 aliphatic heterocycles. The number of amides is 2. The van der Waals surface area contributed by atoms with Crippen LogP contribution in [0.5, 0.6) is 0 Å². The van der Waals surface area contributed by atoms with E-state index in [0.29, 0.717) is 41.2 Å². The summed E-state index contributed by atoms with van der Waals surface area (Å²) in [6.45, 7) is 5.34. The number of nitrogens with one attached hydrogen (secondary N) is 3. The molecule has 0 fully saturated rings. The van der Waals surface area contributed by atoms with Crippen LogP contribution in [-0.4, -0.2) is 52.7 Å². The zero-order valence-electron chi connectivity index (χ0n) is 15.8. The van der Waals surface area contributed by atoms with E-state index < -0.39 is 12.0 Å². The zero-order chi connectivity index (χ0) is 20.3. The smallest absolute Gasteiger partial charge is 0.256 e. The molecule has 1 aliphatic rings. The summed E-state index contributed by atoms with van der Waals surface area (Å²) in [5, 5.41) is 15.4. The molecule has 28 heavy (non-hydrogen) atoms. The Bertz CT molecular complexity index is 918. The van der Waals surface area contributed by atoms with Crippen molar-refractivity contribution >= 4 is 29.2 Å². The van der Waals surface area contributed by atoms with Crippen molar-refractivity contribution in [2.24, 2.45) is 0 Å². The number of anilines is 1. The average Bonchev–Trinajstić information content (AvgIpc) is 3.26. The van der Waals surface area contributed by atoms with Crippen LogP contribution < -0.4 is 10.6 Å². The van der Waals surface area contributed by atoms with Gasteiger partial charge in [-0.1, -0.05) is 13.8 Å². The Labute approximate surface area is 162 Å². The van der Waals surface area contributed by atoms with Gasteiger partial charge in [0.15, 0.2) is 0 Å². The third-order valence-corrected chi connectivity index (χ3v) is 4.71. The van der Waals surface area contributed by atoms with E-state index in [2.05, 4.69) is 15.6 Å². The second kappa shape index (κ2) is 8.37. The average molecular weight is 386 g/mol. The number of H-pyrrole nitrogens is 1. The van der Waals surface area contributed by atoms with Crippen molar-refractivity contribution < 1.29 is 19.1 Å². The molecular formula is C20H23FN4O3. The maximum Gasteiger partial charge on any atom is 0.256 e. The lowest BCUT2D eigenvalue weighted by Gasteiger charge is -2.24. The van der Waals surface area contributed by atoms with Gasteiger partial charge in [-0.15, -0.1) is 0 Å². The normalized spacial score (nSPS) is 15.6. The van der Waals surface area contributed by atoms with E-state index in [4.69, 9.17) is 0 Å². The quantitative estimate of drug-likeness (QED) is 0.432. The van der Waals surface area contributed by atoms with Gasteiger partial charge < -0.3 is 20.7 Å². The van der Waals surface area contributed by atoms with Crippen LogP contribution in [0.3, 0.4) is 0 Å². The fourth-order valence-electron chi connectivity index (χ4n) is 3.15. The number of aliphatic hydroxyl groups excluding tert-OH is 1. The first-order chi connectivity index (χ1) is 13.4. The standard InChI is InChI=1S/C20H23FN4O3/c1-3-25(4-2)18(26)11-23-19(27)12-7-14(22-10-12)9-16-15-8-13(21)5-6-17(15)24-20(16)28/h5-10,18,22,26H,3-4,11H2,1-2H3,(H,23,27)(H,24,28)/b16-9-. The number of benzene rings is 1. The van der Waals surface area contributed by atoms with Gasteiger partial charge >= 0.3 is 0 Å². The number of carbonyl (C=O) groups is 2.